The van der Waals surface area contributed by atoms with Crippen molar-refractivity contribution in [2.45, 2.75) is 24.7 Å². The number of nitrogens with two attached hydrogens (primary N) is 1. The number of rotatable bonds is 5. The van der Waals surface area contributed by atoms with Crippen LogP contribution in [0.4, 0.5) is 17.1 Å². The first-order chi connectivity index (χ1) is 13.1. The predicted molar refractivity (Wildman–Crippen MR) is 103 cm³/mol. The van der Waals surface area contributed by atoms with Gasteiger partial charge in [0, 0.05) is 11.5 Å². The third-order valence-electron chi connectivity index (χ3n) is 4.17. The van der Waals surface area contributed by atoms with E-state index in [4.69, 9.17) is 5.14 Å². The van der Waals surface area contributed by atoms with E-state index < -0.39 is 25.5 Å². The van der Waals surface area contributed by atoms with E-state index in [0.29, 0.717) is 10.9 Å². The fourth-order valence-electron chi connectivity index (χ4n) is 2.66. The molecular weight excluding hydrogens is 386 g/mol. The minimum atomic E-state index is -4.10. The van der Waals surface area contributed by atoms with Crippen LogP contribution in [0.3, 0.4) is 0 Å². The molecule has 0 spiro atoms. The summed E-state index contributed by atoms with van der Waals surface area (Å²) in [6.45, 7) is 4.04. The maximum atomic E-state index is 11.4. The summed E-state index contributed by atoms with van der Waals surface area (Å²) in [7, 11) is -4.10. The zero-order valence-electron chi connectivity index (χ0n) is 14.9. The highest BCUT2D eigenvalue weighted by molar-refractivity contribution is 7.89. The van der Waals surface area contributed by atoms with Crippen LogP contribution in [0.25, 0.3) is 10.9 Å². The molecule has 11 heteroatoms. The zero-order chi connectivity index (χ0) is 20.6. The molecule has 0 aliphatic rings. The summed E-state index contributed by atoms with van der Waals surface area (Å²) in [5, 5.41) is 34.8. The number of nitro benzene ring substituents is 1. The van der Waals surface area contributed by atoms with Gasteiger partial charge in [-0.15, -0.1) is 10.2 Å². The van der Waals surface area contributed by atoms with Gasteiger partial charge in [0.25, 0.3) is 5.69 Å². The fourth-order valence-corrected chi connectivity index (χ4v) is 3.19. The second kappa shape index (κ2) is 7.02. The van der Waals surface area contributed by atoms with Crippen LogP contribution in [0.15, 0.2) is 51.5 Å². The number of hydrogen-bond acceptors (Lipinski definition) is 7. The molecule has 0 amide bonds. The van der Waals surface area contributed by atoms with Crippen molar-refractivity contribution in [3.8, 4) is 5.88 Å². The van der Waals surface area contributed by atoms with Crippen molar-refractivity contribution in [3.63, 3.8) is 0 Å². The topological polar surface area (TPSA) is 164 Å². The van der Waals surface area contributed by atoms with Gasteiger partial charge in [0.15, 0.2) is 11.4 Å². The van der Waals surface area contributed by atoms with E-state index in [1.54, 1.807) is 6.07 Å². The Hall–Kier alpha value is -3.31. The van der Waals surface area contributed by atoms with Gasteiger partial charge in [-0.1, -0.05) is 19.9 Å². The first kappa shape index (κ1) is 19.5. The summed E-state index contributed by atoms with van der Waals surface area (Å²) in [5.41, 5.74) is 1.03. The Balaban J connectivity index is 2.10. The Morgan fingerprint density at radius 1 is 1.18 bits per heavy atom. The van der Waals surface area contributed by atoms with Crippen LogP contribution in [0, 0.1) is 10.1 Å². The number of nitro groups is 1. The van der Waals surface area contributed by atoms with Crippen LogP contribution >= 0.6 is 0 Å². The maximum Gasteiger partial charge on any atom is 0.298 e. The number of azo groups is 1. The molecular formula is C17H17N5O5S. The molecule has 3 aromatic rings. The molecule has 0 saturated carbocycles. The molecule has 0 fully saturated rings. The van der Waals surface area contributed by atoms with Crippen LogP contribution in [0.5, 0.6) is 5.88 Å². The quantitative estimate of drug-likeness (QED) is 0.333. The van der Waals surface area contributed by atoms with E-state index in [-0.39, 0.29) is 23.2 Å². The molecule has 1 aromatic heterocycles. The molecule has 0 unspecified atom stereocenters. The SMILES string of the molecule is CC(C)c1ccc2[nH]c(O)c(N=Nc3ccc(S(N)(=O)=O)cc3[N+](=O)[O-])c2c1. The molecule has 0 aliphatic carbocycles. The molecule has 1 heterocycles. The number of nitrogens with one attached hydrogen (secondary N) is 1. The van der Waals surface area contributed by atoms with Gasteiger partial charge in [-0.05, 0) is 35.7 Å². The Morgan fingerprint density at radius 3 is 2.50 bits per heavy atom. The number of sulfonamides is 1. The van der Waals surface area contributed by atoms with E-state index in [0.717, 1.165) is 23.8 Å². The van der Waals surface area contributed by atoms with Crippen molar-refractivity contribution >= 4 is 38.0 Å². The Bertz CT molecular complexity index is 1210. The van der Waals surface area contributed by atoms with Gasteiger partial charge in [-0.3, -0.25) is 10.1 Å². The minimum absolute atomic E-state index is 0.127. The lowest BCUT2D eigenvalue weighted by molar-refractivity contribution is -0.384. The second-order valence-electron chi connectivity index (χ2n) is 6.43. The first-order valence-corrected chi connectivity index (χ1v) is 9.70. The molecule has 28 heavy (non-hydrogen) atoms. The smallest absolute Gasteiger partial charge is 0.298 e. The van der Waals surface area contributed by atoms with E-state index in [1.165, 1.54) is 0 Å². The molecule has 10 nitrogen and oxygen atoms in total. The van der Waals surface area contributed by atoms with Crippen molar-refractivity contribution in [1.29, 1.82) is 0 Å². The number of aromatic amines is 1. The van der Waals surface area contributed by atoms with Gasteiger partial charge in [-0.25, -0.2) is 13.6 Å². The number of fused-ring (bicyclic) bond motifs is 1. The van der Waals surface area contributed by atoms with E-state index >= 15 is 0 Å². The maximum absolute atomic E-state index is 11.4. The third kappa shape index (κ3) is 3.70. The third-order valence-corrected chi connectivity index (χ3v) is 5.08. The molecule has 3 rings (SSSR count). The lowest BCUT2D eigenvalue weighted by Gasteiger charge is -2.04. The largest absolute Gasteiger partial charge is 0.493 e. The molecule has 0 aliphatic heterocycles. The summed E-state index contributed by atoms with van der Waals surface area (Å²) in [6, 6.07) is 8.61. The number of benzene rings is 2. The van der Waals surface area contributed by atoms with Gasteiger partial charge < -0.3 is 10.1 Å². The molecule has 0 radical (unpaired) electrons. The van der Waals surface area contributed by atoms with Gasteiger partial charge in [0.1, 0.15) is 0 Å². The number of nitrogens with zero attached hydrogens (tertiary/aromatic N) is 3. The average molecular weight is 403 g/mol. The Morgan fingerprint density at radius 2 is 1.89 bits per heavy atom. The van der Waals surface area contributed by atoms with Gasteiger partial charge in [-0.2, -0.15) is 0 Å². The monoisotopic (exact) mass is 403 g/mol. The van der Waals surface area contributed by atoms with Crippen molar-refractivity contribution in [2.75, 3.05) is 0 Å². The summed E-state index contributed by atoms with van der Waals surface area (Å²) >= 11 is 0. The van der Waals surface area contributed by atoms with E-state index in [9.17, 15) is 23.6 Å². The average Bonchev–Trinajstić information content (AvgIpc) is 2.93. The van der Waals surface area contributed by atoms with Gasteiger partial charge in [0.05, 0.1) is 15.3 Å². The minimum Gasteiger partial charge on any atom is -0.493 e. The number of aromatic nitrogens is 1. The molecule has 4 N–H and O–H groups in total. The van der Waals surface area contributed by atoms with Crippen molar-refractivity contribution in [3.05, 3.63) is 52.1 Å². The summed E-state index contributed by atoms with van der Waals surface area (Å²) < 4.78 is 22.8. The lowest BCUT2D eigenvalue weighted by atomic mass is 10.0. The Labute approximate surface area is 159 Å². The van der Waals surface area contributed by atoms with Gasteiger partial charge in [0.2, 0.25) is 15.9 Å². The summed E-state index contributed by atoms with van der Waals surface area (Å²) in [5.74, 6) is 0.0153. The lowest BCUT2D eigenvalue weighted by Crippen LogP contribution is -2.12. The van der Waals surface area contributed by atoms with Crippen LogP contribution in [-0.2, 0) is 10.0 Å². The molecule has 0 atom stereocenters. The number of aromatic hydroxyl groups is 1. The van der Waals surface area contributed by atoms with Crippen molar-refractivity contribution in [1.82, 2.24) is 4.98 Å². The van der Waals surface area contributed by atoms with E-state index in [2.05, 4.69) is 15.2 Å². The summed E-state index contributed by atoms with van der Waals surface area (Å²) in [6.07, 6.45) is 0. The molecule has 146 valence electrons. The fraction of sp³-hybridized carbons (Fsp3) is 0.176. The second-order valence-corrected chi connectivity index (χ2v) is 8.00. The number of H-pyrrole nitrogens is 1. The zero-order valence-corrected chi connectivity index (χ0v) is 15.8. The predicted octanol–water partition coefficient (Wildman–Crippen LogP) is 3.97. The first-order valence-electron chi connectivity index (χ1n) is 8.15. The van der Waals surface area contributed by atoms with Crippen molar-refractivity contribution < 1.29 is 18.4 Å². The highest BCUT2D eigenvalue weighted by Crippen LogP contribution is 2.39. The van der Waals surface area contributed by atoms with Crippen LogP contribution in [0.2, 0.25) is 0 Å². The normalized spacial score (nSPS) is 12.3. The highest BCUT2D eigenvalue weighted by atomic mass is 32.2. The van der Waals surface area contributed by atoms with Crippen molar-refractivity contribution in [2.24, 2.45) is 15.4 Å². The number of hydrogen-bond donors (Lipinski definition) is 3. The van der Waals surface area contributed by atoms with Crippen LogP contribution in [-0.4, -0.2) is 23.4 Å². The van der Waals surface area contributed by atoms with Gasteiger partial charge >= 0.3 is 0 Å². The highest BCUT2D eigenvalue weighted by Gasteiger charge is 2.20. The summed E-state index contributed by atoms with van der Waals surface area (Å²) in [4.78, 5) is 12.9. The molecule has 0 saturated heterocycles. The standard InChI is InChI=1S/C17H17N5O5S/c1-9(2)10-3-5-13-12(7-10)16(17(23)19-13)21-20-14-6-4-11(28(18,26)27)8-15(14)22(24)25/h3-9,19,23H,1-2H3,(H2,18,26,27). The Kier molecular flexibility index (Phi) is 4.87. The number of primary sulfonamides is 1. The van der Waals surface area contributed by atoms with E-state index in [1.807, 2.05) is 26.0 Å². The van der Waals surface area contributed by atoms with Crippen LogP contribution < -0.4 is 5.14 Å². The molecule has 2 aromatic carbocycles. The van der Waals surface area contributed by atoms with Crippen LogP contribution in [0.1, 0.15) is 25.3 Å². The molecule has 0 bridgehead atoms.